The molecular weight excluding hydrogens is 400 g/mol. The summed E-state index contributed by atoms with van der Waals surface area (Å²) in [4.78, 5) is 12.4. The van der Waals surface area contributed by atoms with Gasteiger partial charge in [0, 0.05) is 12.1 Å². The highest BCUT2D eigenvalue weighted by molar-refractivity contribution is 7.89. The maximum Gasteiger partial charge on any atom is 0.251 e. The van der Waals surface area contributed by atoms with E-state index in [1.807, 2.05) is 54.6 Å². The summed E-state index contributed by atoms with van der Waals surface area (Å²) in [7, 11) is -3.86. The van der Waals surface area contributed by atoms with Gasteiger partial charge in [-0.15, -0.1) is 0 Å². The zero-order valence-corrected chi connectivity index (χ0v) is 17.5. The first-order valence-corrected chi connectivity index (χ1v) is 11.0. The molecule has 0 fully saturated rings. The number of hydrogen-bond donors (Lipinski definition) is 2. The van der Waals surface area contributed by atoms with Crippen LogP contribution in [0.25, 0.3) is 0 Å². The smallest absolute Gasteiger partial charge is 0.251 e. The molecule has 7 heteroatoms. The topological polar surface area (TPSA) is 98.5 Å². The summed E-state index contributed by atoms with van der Waals surface area (Å²) in [6.07, 6.45) is 0. The van der Waals surface area contributed by atoms with Gasteiger partial charge in [0.05, 0.1) is 18.1 Å². The zero-order valence-electron chi connectivity index (χ0n) is 16.7. The van der Waals surface area contributed by atoms with Gasteiger partial charge >= 0.3 is 0 Å². The molecule has 0 radical (unpaired) electrons. The zero-order chi connectivity index (χ0) is 21.6. The molecule has 30 heavy (non-hydrogen) atoms. The van der Waals surface area contributed by atoms with Crippen molar-refractivity contribution < 1.29 is 17.9 Å². The number of nitrogens with one attached hydrogen (secondary N) is 1. The molecule has 0 spiro atoms. The van der Waals surface area contributed by atoms with Crippen LogP contribution in [-0.2, 0) is 34.5 Å². The monoisotopic (exact) mass is 424 g/mol. The van der Waals surface area contributed by atoms with Gasteiger partial charge in [-0.2, -0.15) is 0 Å². The average Bonchev–Trinajstić information content (AvgIpc) is 2.73. The molecule has 0 aromatic heterocycles. The molecule has 0 saturated carbocycles. The van der Waals surface area contributed by atoms with Gasteiger partial charge in [-0.05, 0) is 41.3 Å². The number of carbonyl (C=O) groups excluding carboxylic acids is 1. The number of ether oxygens (including phenoxy) is 1. The van der Waals surface area contributed by atoms with Crippen LogP contribution < -0.4 is 10.5 Å². The highest BCUT2D eigenvalue weighted by Gasteiger charge is 2.14. The first-order chi connectivity index (χ1) is 14.3. The third-order valence-electron chi connectivity index (χ3n) is 4.64. The summed E-state index contributed by atoms with van der Waals surface area (Å²) in [6, 6.07) is 22.0. The van der Waals surface area contributed by atoms with Crippen molar-refractivity contribution in [3.8, 4) is 0 Å². The largest absolute Gasteiger partial charge is 0.372 e. The SMILES string of the molecule is Cc1ccc(S(N)(=O)=O)cc1C(=O)NCc1ccc(COCc2ccccc2)cc1. The van der Waals surface area contributed by atoms with Crippen molar-refractivity contribution in [1.29, 1.82) is 0 Å². The lowest BCUT2D eigenvalue weighted by Gasteiger charge is -2.10. The molecule has 3 rings (SSSR count). The second-order valence-electron chi connectivity index (χ2n) is 7.00. The number of aryl methyl sites for hydroxylation is 1. The highest BCUT2D eigenvalue weighted by atomic mass is 32.2. The molecular formula is C23H24N2O4S. The van der Waals surface area contributed by atoms with Gasteiger partial charge in [-0.3, -0.25) is 4.79 Å². The molecule has 0 atom stereocenters. The van der Waals surface area contributed by atoms with E-state index in [-0.39, 0.29) is 16.4 Å². The molecule has 3 N–H and O–H groups in total. The van der Waals surface area contributed by atoms with Crippen LogP contribution in [0.2, 0.25) is 0 Å². The van der Waals surface area contributed by atoms with Crippen LogP contribution in [0.4, 0.5) is 0 Å². The van der Waals surface area contributed by atoms with Crippen molar-refractivity contribution in [2.24, 2.45) is 5.14 Å². The molecule has 0 aliphatic carbocycles. The van der Waals surface area contributed by atoms with Crippen molar-refractivity contribution in [2.75, 3.05) is 0 Å². The van der Waals surface area contributed by atoms with Crippen molar-refractivity contribution in [1.82, 2.24) is 5.32 Å². The number of rotatable bonds is 8. The molecule has 6 nitrogen and oxygen atoms in total. The Morgan fingerprint density at radius 2 is 1.50 bits per heavy atom. The van der Waals surface area contributed by atoms with E-state index in [1.54, 1.807) is 13.0 Å². The third-order valence-corrected chi connectivity index (χ3v) is 5.55. The summed E-state index contributed by atoms with van der Waals surface area (Å²) < 4.78 is 28.8. The Bertz CT molecular complexity index is 1110. The van der Waals surface area contributed by atoms with Crippen molar-refractivity contribution in [2.45, 2.75) is 31.6 Å². The number of carbonyl (C=O) groups is 1. The molecule has 0 aliphatic rings. The van der Waals surface area contributed by atoms with Crippen molar-refractivity contribution in [3.05, 3.63) is 101 Å². The first kappa shape index (κ1) is 21.7. The number of primary sulfonamides is 1. The Kier molecular flexibility index (Phi) is 6.99. The van der Waals surface area contributed by atoms with E-state index in [1.165, 1.54) is 12.1 Å². The Morgan fingerprint density at radius 1 is 0.900 bits per heavy atom. The summed E-state index contributed by atoms with van der Waals surface area (Å²) in [5, 5.41) is 7.97. The van der Waals surface area contributed by atoms with Crippen LogP contribution in [0, 0.1) is 6.92 Å². The lowest BCUT2D eigenvalue weighted by molar-refractivity contribution is 0.0950. The van der Waals surface area contributed by atoms with Gasteiger partial charge in [0.1, 0.15) is 0 Å². The Morgan fingerprint density at radius 3 is 2.13 bits per heavy atom. The van der Waals surface area contributed by atoms with Gasteiger partial charge in [0.25, 0.3) is 5.91 Å². The molecule has 0 heterocycles. The van der Waals surface area contributed by atoms with Crippen LogP contribution in [0.3, 0.4) is 0 Å². The number of amides is 1. The molecule has 0 saturated heterocycles. The molecule has 3 aromatic carbocycles. The number of hydrogen-bond acceptors (Lipinski definition) is 4. The van der Waals surface area contributed by atoms with Crippen LogP contribution in [-0.4, -0.2) is 14.3 Å². The predicted octanol–water partition coefficient (Wildman–Crippen LogP) is 3.29. The highest BCUT2D eigenvalue weighted by Crippen LogP contribution is 2.15. The summed E-state index contributed by atoms with van der Waals surface area (Å²) >= 11 is 0. The van der Waals surface area contributed by atoms with Gasteiger partial charge in [0.15, 0.2) is 0 Å². The maximum absolute atomic E-state index is 12.5. The van der Waals surface area contributed by atoms with E-state index < -0.39 is 10.0 Å². The molecule has 0 unspecified atom stereocenters. The lowest BCUT2D eigenvalue weighted by atomic mass is 10.1. The van der Waals surface area contributed by atoms with E-state index in [9.17, 15) is 13.2 Å². The number of benzene rings is 3. The second-order valence-corrected chi connectivity index (χ2v) is 8.56. The standard InChI is InChI=1S/C23H24N2O4S/c1-17-7-12-21(30(24,27)28)13-22(17)23(26)25-14-18-8-10-20(11-9-18)16-29-15-19-5-3-2-4-6-19/h2-13H,14-16H2,1H3,(H,25,26)(H2,24,27,28). The van der Waals surface area contributed by atoms with E-state index in [4.69, 9.17) is 9.88 Å². The molecule has 0 bridgehead atoms. The number of nitrogens with two attached hydrogens (primary N) is 1. The third kappa shape index (κ3) is 6.00. The Hall–Kier alpha value is -3.00. The van der Waals surface area contributed by atoms with Gasteiger partial charge in [0.2, 0.25) is 10.0 Å². The van der Waals surface area contributed by atoms with Crippen LogP contribution >= 0.6 is 0 Å². The van der Waals surface area contributed by atoms with E-state index >= 15 is 0 Å². The van der Waals surface area contributed by atoms with Gasteiger partial charge in [-0.1, -0.05) is 60.7 Å². The molecule has 156 valence electrons. The average molecular weight is 425 g/mol. The van der Waals surface area contributed by atoms with Gasteiger partial charge in [-0.25, -0.2) is 13.6 Å². The fourth-order valence-corrected chi connectivity index (χ4v) is 3.45. The van der Waals surface area contributed by atoms with E-state index in [0.29, 0.717) is 25.3 Å². The molecule has 3 aromatic rings. The Labute approximate surface area is 176 Å². The predicted molar refractivity (Wildman–Crippen MR) is 115 cm³/mol. The maximum atomic E-state index is 12.5. The molecule has 0 aliphatic heterocycles. The van der Waals surface area contributed by atoms with Crippen LogP contribution in [0.1, 0.15) is 32.6 Å². The normalized spacial score (nSPS) is 11.3. The summed E-state index contributed by atoms with van der Waals surface area (Å²) in [5.41, 5.74) is 4.05. The minimum atomic E-state index is -3.86. The molecule has 1 amide bonds. The Balaban J connectivity index is 1.54. The van der Waals surface area contributed by atoms with Gasteiger partial charge < -0.3 is 10.1 Å². The van der Waals surface area contributed by atoms with Crippen molar-refractivity contribution in [3.63, 3.8) is 0 Å². The number of sulfonamides is 1. The van der Waals surface area contributed by atoms with E-state index in [0.717, 1.165) is 16.7 Å². The minimum Gasteiger partial charge on any atom is -0.372 e. The van der Waals surface area contributed by atoms with Crippen molar-refractivity contribution >= 4 is 15.9 Å². The second kappa shape index (κ2) is 9.67. The van der Waals surface area contributed by atoms with E-state index in [2.05, 4.69) is 5.32 Å². The fourth-order valence-electron chi connectivity index (χ4n) is 2.91. The quantitative estimate of drug-likeness (QED) is 0.580. The summed E-state index contributed by atoms with van der Waals surface area (Å²) in [5.74, 6) is -0.353. The fraction of sp³-hybridized carbons (Fsp3) is 0.174. The summed E-state index contributed by atoms with van der Waals surface area (Å²) in [6.45, 7) is 3.12. The lowest BCUT2D eigenvalue weighted by Crippen LogP contribution is -2.24. The van der Waals surface area contributed by atoms with Crippen LogP contribution in [0.15, 0.2) is 77.7 Å². The van der Waals surface area contributed by atoms with Crippen LogP contribution in [0.5, 0.6) is 0 Å². The first-order valence-electron chi connectivity index (χ1n) is 9.44. The minimum absolute atomic E-state index is 0.0851.